The number of halogens is 1. The summed E-state index contributed by atoms with van der Waals surface area (Å²) >= 11 is 0. The number of carbonyl (C=O) groups is 1. The smallest absolute Gasteiger partial charge is 0.347 e. The molecule has 4 nitrogen and oxygen atoms in total. The maximum atomic E-state index is 11.8. The first-order valence-corrected chi connectivity index (χ1v) is 7.49. The van der Waals surface area contributed by atoms with Crippen molar-refractivity contribution in [3.8, 4) is 0 Å². The summed E-state index contributed by atoms with van der Waals surface area (Å²) in [5, 5.41) is 12.0. The minimum Gasteiger partial charge on any atom is -0.478 e. The summed E-state index contributed by atoms with van der Waals surface area (Å²) in [6.07, 6.45) is -0.742. The van der Waals surface area contributed by atoms with Gasteiger partial charge in [0.25, 0.3) is 0 Å². The highest BCUT2D eigenvalue weighted by molar-refractivity contribution is 14.0. The monoisotopic (exact) mass is 432 g/mol. The van der Waals surface area contributed by atoms with E-state index in [1.807, 2.05) is 72.6 Å². The quantitative estimate of drug-likeness (QED) is 0.608. The molecule has 0 saturated heterocycles. The van der Waals surface area contributed by atoms with Crippen LogP contribution in [0, 0.1) is 0 Å². The number of carboxylic acid groups (broad SMARTS) is 1. The Morgan fingerprint density at radius 1 is 0.917 bits per heavy atom. The number of rotatable bonds is 2. The van der Waals surface area contributed by atoms with Crippen LogP contribution in [-0.4, -0.2) is 24.3 Å². The fraction of sp³-hybridized carbons (Fsp3) is 0.105. The zero-order valence-electron chi connectivity index (χ0n) is 13.1. The zero-order chi connectivity index (χ0) is 16.0. The molecule has 0 aliphatic carbocycles. The Kier molecular flexibility index (Phi) is 4.36. The molecule has 0 radical (unpaired) electrons. The third-order valence-corrected chi connectivity index (χ3v) is 4.36. The minimum atomic E-state index is -0.864. The second-order valence-electron chi connectivity index (χ2n) is 5.71. The van der Waals surface area contributed by atoms with E-state index in [1.54, 1.807) is 4.90 Å². The van der Waals surface area contributed by atoms with E-state index < -0.39 is 12.1 Å². The lowest BCUT2D eigenvalue weighted by molar-refractivity contribution is -0.138. The van der Waals surface area contributed by atoms with E-state index in [4.69, 9.17) is 0 Å². The van der Waals surface area contributed by atoms with Crippen LogP contribution in [-0.2, 0) is 4.79 Å². The molecule has 1 atom stereocenters. The van der Waals surface area contributed by atoms with Crippen LogP contribution in [0.2, 0.25) is 0 Å². The van der Waals surface area contributed by atoms with Gasteiger partial charge in [-0.15, -0.1) is 24.0 Å². The summed E-state index contributed by atoms with van der Waals surface area (Å²) in [4.78, 5) is 15.5. The van der Waals surface area contributed by atoms with Gasteiger partial charge in [-0.05, 0) is 35.0 Å². The van der Waals surface area contributed by atoms with Crippen molar-refractivity contribution in [2.75, 3.05) is 16.8 Å². The summed E-state index contributed by atoms with van der Waals surface area (Å²) in [7, 11) is 1.82. The molecule has 1 heterocycles. The van der Waals surface area contributed by atoms with Crippen LogP contribution < -0.4 is 9.80 Å². The molecule has 122 valence electrons. The Bertz CT molecular complexity index is 913. The minimum absolute atomic E-state index is 0. The fourth-order valence-corrected chi connectivity index (χ4v) is 3.29. The van der Waals surface area contributed by atoms with Crippen molar-refractivity contribution in [2.45, 2.75) is 6.17 Å². The Morgan fingerprint density at radius 2 is 1.54 bits per heavy atom. The third-order valence-electron chi connectivity index (χ3n) is 4.36. The normalized spacial score (nSPS) is 16.0. The van der Waals surface area contributed by atoms with Crippen LogP contribution in [0.5, 0.6) is 0 Å². The van der Waals surface area contributed by atoms with E-state index in [1.165, 1.54) is 0 Å². The highest BCUT2D eigenvalue weighted by Crippen LogP contribution is 2.43. The van der Waals surface area contributed by atoms with Gasteiger partial charge in [0, 0.05) is 12.7 Å². The molecule has 1 unspecified atom stereocenters. The first-order valence-electron chi connectivity index (χ1n) is 7.49. The van der Waals surface area contributed by atoms with Crippen LogP contribution in [0.15, 0.2) is 66.7 Å². The first kappa shape index (κ1) is 16.6. The van der Waals surface area contributed by atoms with Gasteiger partial charge < -0.3 is 14.9 Å². The van der Waals surface area contributed by atoms with Gasteiger partial charge in [0.2, 0.25) is 6.17 Å². The molecule has 0 saturated carbocycles. The predicted molar refractivity (Wildman–Crippen MR) is 108 cm³/mol. The number of fused-ring (bicyclic) bond motifs is 2. The highest BCUT2D eigenvalue weighted by Gasteiger charge is 2.39. The molecule has 3 aromatic rings. The van der Waals surface area contributed by atoms with Crippen molar-refractivity contribution >= 4 is 57.8 Å². The topological polar surface area (TPSA) is 43.8 Å². The van der Waals surface area contributed by atoms with Gasteiger partial charge >= 0.3 is 5.97 Å². The molecular weight excluding hydrogens is 415 g/mol. The number of hydrogen-bond acceptors (Lipinski definition) is 3. The van der Waals surface area contributed by atoms with Gasteiger partial charge in [0.05, 0.1) is 11.4 Å². The second-order valence-corrected chi connectivity index (χ2v) is 5.71. The molecular formula is C19H17IN2O2. The SMILES string of the molecule is CN1c2ccccc2N(c2ccc3ccccc3c2)C1C(=O)O.I. The van der Waals surface area contributed by atoms with Gasteiger partial charge in [-0.2, -0.15) is 0 Å². The van der Waals surface area contributed by atoms with E-state index in [9.17, 15) is 9.90 Å². The van der Waals surface area contributed by atoms with E-state index in [-0.39, 0.29) is 24.0 Å². The molecule has 1 aliphatic heterocycles. The molecule has 5 heteroatoms. The zero-order valence-corrected chi connectivity index (χ0v) is 15.4. The fourth-order valence-electron chi connectivity index (χ4n) is 3.29. The lowest BCUT2D eigenvalue weighted by Crippen LogP contribution is -2.45. The maximum Gasteiger partial charge on any atom is 0.347 e. The van der Waals surface area contributed by atoms with Crippen molar-refractivity contribution < 1.29 is 9.90 Å². The number of benzene rings is 3. The summed E-state index contributed by atoms with van der Waals surface area (Å²) < 4.78 is 0. The Morgan fingerprint density at radius 3 is 2.25 bits per heavy atom. The van der Waals surface area contributed by atoms with Crippen molar-refractivity contribution in [1.82, 2.24) is 0 Å². The first-order chi connectivity index (χ1) is 11.2. The van der Waals surface area contributed by atoms with Gasteiger partial charge in [-0.1, -0.05) is 42.5 Å². The Labute approximate surface area is 157 Å². The molecule has 3 aromatic carbocycles. The number of hydrogen-bond donors (Lipinski definition) is 1. The molecule has 4 rings (SSSR count). The summed E-state index contributed by atoms with van der Waals surface area (Å²) in [6.45, 7) is 0. The average Bonchev–Trinajstić information content (AvgIpc) is 2.88. The summed E-state index contributed by atoms with van der Waals surface area (Å²) in [6, 6.07) is 21.9. The number of carboxylic acids is 1. The van der Waals surface area contributed by atoms with Crippen LogP contribution in [0.4, 0.5) is 17.1 Å². The van der Waals surface area contributed by atoms with Gasteiger partial charge in [0.15, 0.2) is 0 Å². The molecule has 0 bridgehead atoms. The van der Waals surface area contributed by atoms with E-state index in [0.29, 0.717) is 0 Å². The third kappa shape index (κ3) is 2.49. The maximum absolute atomic E-state index is 11.8. The van der Waals surface area contributed by atoms with Crippen LogP contribution >= 0.6 is 24.0 Å². The van der Waals surface area contributed by atoms with E-state index in [0.717, 1.165) is 27.8 Å². The van der Waals surface area contributed by atoms with Crippen molar-refractivity contribution in [3.63, 3.8) is 0 Å². The number of nitrogens with zero attached hydrogens (tertiary/aromatic N) is 2. The average molecular weight is 432 g/mol. The summed E-state index contributed by atoms with van der Waals surface area (Å²) in [5.74, 6) is -0.864. The van der Waals surface area contributed by atoms with Crippen molar-refractivity contribution in [2.24, 2.45) is 0 Å². The van der Waals surface area contributed by atoms with Crippen LogP contribution in [0.3, 0.4) is 0 Å². The van der Waals surface area contributed by atoms with Crippen molar-refractivity contribution in [1.29, 1.82) is 0 Å². The molecule has 1 N–H and O–H groups in total. The Balaban J connectivity index is 0.00000169. The summed E-state index contributed by atoms with van der Waals surface area (Å²) in [5.41, 5.74) is 2.72. The number of aliphatic carboxylic acids is 1. The largest absolute Gasteiger partial charge is 0.478 e. The van der Waals surface area contributed by atoms with E-state index >= 15 is 0 Å². The van der Waals surface area contributed by atoms with Crippen LogP contribution in [0.1, 0.15) is 0 Å². The molecule has 0 amide bonds. The highest BCUT2D eigenvalue weighted by atomic mass is 127. The molecule has 24 heavy (non-hydrogen) atoms. The van der Waals surface area contributed by atoms with Crippen LogP contribution in [0.25, 0.3) is 10.8 Å². The Hall–Kier alpha value is -2.28. The van der Waals surface area contributed by atoms with Crippen molar-refractivity contribution in [3.05, 3.63) is 66.7 Å². The molecule has 0 aromatic heterocycles. The van der Waals surface area contributed by atoms with Gasteiger partial charge in [-0.3, -0.25) is 0 Å². The molecule has 0 spiro atoms. The number of para-hydroxylation sites is 2. The number of likely N-dealkylation sites (N-methyl/N-ethyl adjacent to an activating group) is 1. The van der Waals surface area contributed by atoms with Gasteiger partial charge in [0.1, 0.15) is 0 Å². The second kappa shape index (κ2) is 6.32. The molecule has 1 aliphatic rings. The van der Waals surface area contributed by atoms with Gasteiger partial charge in [-0.25, -0.2) is 4.79 Å². The number of anilines is 3. The molecule has 0 fully saturated rings. The standard InChI is InChI=1S/C19H16N2O2.HI/c1-20-16-8-4-5-9-17(16)21(18(20)19(22)23)15-11-10-13-6-2-3-7-14(13)12-15;/h2-12,18H,1H3,(H,22,23);1H. The van der Waals surface area contributed by atoms with E-state index in [2.05, 4.69) is 6.07 Å². The lowest BCUT2D eigenvalue weighted by Gasteiger charge is -2.27. The lowest BCUT2D eigenvalue weighted by atomic mass is 10.1. The predicted octanol–water partition coefficient (Wildman–Crippen LogP) is 4.46.